The van der Waals surface area contributed by atoms with E-state index in [1.165, 1.54) is 0 Å². The predicted octanol–water partition coefficient (Wildman–Crippen LogP) is 0.530. The van der Waals surface area contributed by atoms with Crippen LogP contribution in [0.5, 0.6) is 0 Å². The third-order valence-electron chi connectivity index (χ3n) is 4.16. The van der Waals surface area contributed by atoms with Crippen molar-refractivity contribution in [1.29, 1.82) is 0 Å². The summed E-state index contributed by atoms with van der Waals surface area (Å²) in [5, 5.41) is 6.38. The Labute approximate surface area is 156 Å². The summed E-state index contributed by atoms with van der Waals surface area (Å²) in [6.07, 6.45) is 6.43. The lowest BCUT2D eigenvalue weighted by atomic mass is 9.97. The molecule has 0 aliphatic carbocycles. The van der Waals surface area contributed by atoms with E-state index >= 15 is 0 Å². The molecule has 0 bridgehead atoms. The molecule has 2 atom stereocenters. The lowest BCUT2D eigenvalue weighted by Gasteiger charge is -2.36. The van der Waals surface area contributed by atoms with Gasteiger partial charge in [-0.05, 0) is 13.3 Å². The van der Waals surface area contributed by atoms with E-state index < -0.39 is 0 Å². The first-order chi connectivity index (χ1) is 10.8. The highest BCUT2D eigenvalue weighted by molar-refractivity contribution is 14.0. The molecule has 23 heavy (non-hydrogen) atoms. The summed E-state index contributed by atoms with van der Waals surface area (Å²) < 4.78 is 11.1. The van der Waals surface area contributed by atoms with Crippen molar-refractivity contribution in [3.63, 3.8) is 0 Å². The second kappa shape index (κ2) is 11.9. The number of ether oxygens (including phenoxy) is 2. The number of guanidine groups is 1. The molecule has 0 radical (unpaired) electrons. The molecule has 2 rings (SSSR count). The first-order valence-electron chi connectivity index (χ1n) is 8.20. The van der Waals surface area contributed by atoms with Crippen molar-refractivity contribution in [2.45, 2.75) is 19.4 Å². The number of rotatable bonds is 6. The van der Waals surface area contributed by atoms with Crippen LogP contribution in [0.15, 0.2) is 4.99 Å². The number of terminal acetylenes is 1. The zero-order valence-electron chi connectivity index (χ0n) is 13.9. The highest BCUT2D eigenvalue weighted by Gasteiger charge is 2.31. The van der Waals surface area contributed by atoms with E-state index in [1.807, 2.05) is 0 Å². The number of halogens is 1. The Balaban J connectivity index is 0.00000264. The van der Waals surface area contributed by atoms with Crippen LogP contribution in [0, 0.1) is 18.3 Å². The molecule has 132 valence electrons. The van der Waals surface area contributed by atoms with Gasteiger partial charge in [0.1, 0.15) is 0 Å². The number of morpholine rings is 1. The minimum Gasteiger partial charge on any atom is -0.381 e. The molecule has 2 unspecified atom stereocenters. The Morgan fingerprint density at radius 3 is 2.70 bits per heavy atom. The van der Waals surface area contributed by atoms with E-state index in [-0.39, 0.29) is 24.0 Å². The van der Waals surface area contributed by atoms with E-state index in [0.29, 0.717) is 18.5 Å². The number of hydrogen-bond donors (Lipinski definition) is 2. The molecule has 2 N–H and O–H groups in total. The lowest BCUT2D eigenvalue weighted by Crippen LogP contribution is -2.49. The largest absolute Gasteiger partial charge is 0.381 e. The van der Waals surface area contributed by atoms with Crippen molar-refractivity contribution in [3.05, 3.63) is 0 Å². The van der Waals surface area contributed by atoms with Crippen molar-refractivity contribution >= 4 is 29.9 Å². The Morgan fingerprint density at radius 1 is 1.30 bits per heavy atom. The zero-order chi connectivity index (χ0) is 15.6. The molecule has 0 amide bonds. The Kier molecular flexibility index (Phi) is 10.6. The zero-order valence-corrected chi connectivity index (χ0v) is 16.3. The molecule has 2 fully saturated rings. The van der Waals surface area contributed by atoms with Gasteiger partial charge in [-0.3, -0.25) is 9.89 Å². The summed E-state index contributed by atoms with van der Waals surface area (Å²) in [6.45, 7) is 9.40. The SMILES string of the molecule is C#CCNC(=NCC(C1CCOC1)N1CCOCC1)NCC.I. The van der Waals surface area contributed by atoms with E-state index in [0.717, 1.165) is 65.0 Å². The normalized spacial score (nSPS) is 23.7. The van der Waals surface area contributed by atoms with E-state index in [2.05, 4.69) is 28.4 Å². The standard InChI is InChI=1S/C16H28N4O2.HI/c1-3-6-18-16(17-4-2)19-12-15(14-5-9-22-13-14)20-7-10-21-11-8-20;/h1,14-15H,4-13H2,2H3,(H2,17,18,19);1H. The van der Waals surface area contributed by atoms with Gasteiger partial charge < -0.3 is 20.1 Å². The van der Waals surface area contributed by atoms with Crippen LogP contribution in [0.1, 0.15) is 13.3 Å². The first kappa shape index (κ1) is 20.5. The van der Waals surface area contributed by atoms with Crippen LogP contribution in [0.4, 0.5) is 0 Å². The summed E-state index contributed by atoms with van der Waals surface area (Å²) in [5.41, 5.74) is 0. The summed E-state index contributed by atoms with van der Waals surface area (Å²) in [7, 11) is 0. The molecule has 2 aliphatic heterocycles. The molecular weight excluding hydrogens is 407 g/mol. The molecule has 0 saturated carbocycles. The number of hydrogen-bond acceptors (Lipinski definition) is 4. The summed E-state index contributed by atoms with van der Waals surface area (Å²) in [4.78, 5) is 7.23. The number of nitrogens with one attached hydrogen (secondary N) is 2. The molecule has 6 nitrogen and oxygen atoms in total. The molecule has 7 heteroatoms. The van der Waals surface area contributed by atoms with Crippen molar-refractivity contribution < 1.29 is 9.47 Å². The highest BCUT2D eigenvalue weighted by atomic mass is 127. The van der Waals surface area contributed by atoms with E-state index in [1.54, 1.807) is 0 Å². The van der Waals surface area contributed by atoms with Crippen LogP contribution >= 0.6 is 24.0 Å². The molecule has 0 spiro atoms. The summed E-state index contributed by atoms with van der Waals surface area (Å²) in [6, 6.07) is 0.410. The smallest absolute Gasteiger partial charge is 0.192 e. The van der Waals surface area contributed by atoms with Crippen LogP contribution in [-0.4, -0.2) is 76.1 Å². The van der Waals surface area contributed by atoms with Crippen LogP contribution < -0.4 is 10.6 Å². The maximum absolute atomic E-state index is 5.58. The van der Waals surface area contributed by atoms with Gasteiger partial charge in [-0.1, -0.05) is 5.92 Å². The molecule has 2 heterocycles. The van der Waals surface area contributed by atoms with Gasteiger partial charge in [0.05, 0.1) is 32.9 Å². The van der Waals surface area contributed by atoms with E-state index in [9.17, 15) is 0 Å². The lowest BCUT2D eigenvalue weighted by molar-refractivity contribution is 0.00368. The van der Waals surface area contributed by atoms with E-state index in [4.69, 9.17) is 20.9 Å². The molecule has 0 aromatic rings. The van der Waals surface area contributed by atoms with Gasteiger partial charge >= 0.3 is 0 Å². The second-order valence-corrected chi connectivity index (χ2v) is 5.62. The number of aliphatic imine (C=N–C) groups is 1. The Bertz CT molecular complexity index is 388. The van der Waals surface area contributed by atoms with Gasteiger partial charge in [-0.25, -0.2) is 0 Å². The molecule has 2 aliphatic rings. The van der Waals surface area contributed by atoms with Gasteiger partial charge in [-0.15, -0.1) is 30.4 Å². The summed E-state index contributed by atoms with van der Waals surface area (Å²) >= 11 is 0. The topological polar surface area (TPSA) is 58.1 Å². The minimum atomic E-state index is 0. The fourth-order valence-corrected chi connectivity index (χ4v) is 2.99. The first-order valence-corrected chi connectivity index (χ1v) is 8.20. The molecule has 0 aromatic heterocycles. The average molecular weight is 436 g/mol. The molecule has 0 aromatic carbocycles. The maximum atomic E-state index is 5.58. The van der Waals surface area contributed by atoms with Crippen LogP contribution in [0.2, 0.25) is 0 Å². The van der Waals surface area contributed by atoms with Gasteiger partial charge in [0.2, 0.25) is 0 Å². The monoisotopic (exact) mass is 436 g/mol. The van der Waals surface area contributed by atoms with Crippen LogP contribution in [0.3, 0.4) is 0 Å². The van der Waals surface area contributed by atoms with Crippen molar-refractivity contribution in [2.24, 2.45) is 10.9 Å². The third-order valence-corrected chi connectivity index (χ3v) is 4.16. The van der Waals surface area contributed by atoms with Gasteiger partial charge in [0.15, 0.2) is 5.96 Å². The second-order valence-electron chi connectivity index (χ2n) is 5.62. The van der Waals surface area contributed by atoms with Crippen molar-refractivity contribution in [2.75, 3.05) is 59.2 Å². The number of nitrogens with zero attached hydrogens (tertiary/aromatic N) is 2. The van der Waals surface area contributed by atoms with Gasteiger partial charge in [-0.2, -0.15) is 0 Å². The summed E-state index contributed by atoms with van der Waals surface area (Å²) in [5.74, 6) is 3.93. The predicted molar refractivity (Wildman–Crippen MR) is 103 cm³/mol. The maximum Gasteiger partial charge on any atom is 0.192 e. The van der Waals surface area contributed by atoms with Crippen molar-refractivity contribution in [3.8, 4) is 12.3 Å². The van der Waals surface area contributed by atoms with Gasteiger partial charge in [0.25, 0.3) is 0 Å². The van der Waals surface area contributed by atoms with Crippen molar-refractivity contribution in [1.82, 2.24) is 15.5 Å². The average Bonchev–Trinajstić information content (AvgIpc) is 3.08. The minimum absolute atomic E-state index is 0. The fraction of sp³-hybridized carbons (Fsp3) is 0.812. The molecule has 2 saturated heterocycles. The Hall–Kier alpha value is -0.560. The molecular formula is C16H29IN4O2. The third kappa shape index (κ3) is 6.83. The van der Waals surface area contributed by atoms with Crippen LogP contribution in [0.25, 0.3) is 0 Å². The van der Waals surface area contributed by atoms with Crippen LogP contribution in [-0.2, 0) is 9.47 Å². The van der Waals surface area contributed by atoms with Gasteiger partial charge in [0, 0.05) is 38.2 Å². The Morgan fingerprint density at radius 2 is 2.09 bits per heavy atom. The quantitative estimate of drug-likeness (QED) is 0.276. The fourth-order valence-electron chi connectivity index (χ4n) is 2.99. The highest BCUT2D eigenvalue weighted by Crippen LogP contribution is 2.22.